The van der Waals surface area contributed by atoms with Gasteiger partial charge in [0.25, 0.3) is 0 Å². The van der Waals surface area contributed by atoms with Crippen LogP contribution in [0.25, 0.3) is 0 Å². The lowest BCUT2D eigenvalue weighted by Crippen LogP contribution is -2.43. The van der Waals surface area contributed by atoms with Crippen LogP contribution in [-0.4, -0.2) is 24.4 Å². The lowest BCUT2D eigenvalue weighted by Gasteiger charge is -2.41. The lowest BCUT2D eigenvalue weighted by atomic mass is 10.0. The molecule has 2 aromatic carbocycles. The number of carbonyl (C=O) groups is 1. The Hall–Kier alpha value is -3.55. The van der Waals surface area contributed by atoms with Gasteiger partial charge in [-0.2, -0.15) is 0 Å². The van der Waals surface area contributed by atoms with Crippen molar-refractivity contribution in [2.45, 2.75) is 12.6 Å². The molecule has 35 heavy (non-hydrogen) atoms. The van der Waals surface area contributed by atoms with Gasteiger partial charge in [-0.3, -0.25) is 0 Å². The Morgan fingerprint density at radius 1 is 1.11 bits per heavy atom. The molecule has 1 unspecified atom stereocenters. The van der Waals surface area contributed by atoms with E-state index in [4.69, 9.17) is 32.4 Å². The second-order valence-corrected chi connectivity index (χ2v) is 8.88. The third kappa shape index (κ3) is 4.83. The fourth-order valence-electron chi connectivity index (χ4n) is 4.21. The summed E-state index contributed by atoms with van der Waals surface area (Å²) < 4.78 is 25.5. The zero-order valence-corrected chi connectivity index (χ0v) is 19.9. The zero-order valence-electron chi connectivity index (χ0n) is 18.4. The van der Waals surface area contributed by atoms with Crippen LogP contribution in [0, 0.1) is 5.82 Å². The summed E-state index contributed by atoms with van der Waals surface area (Å²) in [6, 6.07) is 14.9. The Labute approximate surface area is 211 Å². The fourth-order valence-corrected chi connectivity index (χ4v) is 4.53. The third-order valence-corrected chi connectivity index (χ3v) is 6.37. The molecule has 0 radical (unpaired) electrons. The van der Waals surface area contributed by atoms with E-state index in [2.05, 4.69) is 9.88 Å². The number of benzene rings is 2. The summed E-state index contributed by atoms with van der Waals surface area (Å²) in [6.45, 7) is 1.83. The number of aldehydes is 1. The highest BCUT2D eigenvalue weighted by atomic mass is 35.5. The Balaban J connectivity index is 1.51. The molecule has 1 aliphatic rings. The van der Waals surface area contributed by atoms with Crippen molar-refractivity contribution in [1.82, 2.24) is 4.98 Å². The van der Waals surface area contributed by atoms with Gasteiger partial charge in [-0.05, 0) is 36.4 Å². The molecule has 0 N–H and O–H groups in total. The van der Waals surface area contributed by atoms with E-state index in [1.165, 1.54) is 6.07 Å². The maximum Gasteiger partial charge on any atom is 0.225 e. The molecule has 4 aromatic rings. The van der Waals surface area contributed by atoms with Gasteiger partial charge in [-0.1, -0.05) is 35.3 Å². The largest absolute Gasteiger partial charge is 0.472 e. The van der Waals surface area contributed by atoms with Crippen molar-refractivity contribution in [2.24, 2.45) is 0 Å². The van der Waals surface area contributed by atoms with E-state index in [-0.39, 0.29) is 17.2 Å². The van der Waals surface area contributed by atoms with Crippen LogP contribution in [0.3, 0.4) is 0 Å². The molecule has 3 heterocycles. The number of fused-ring (bicyclic) bond motifs is 1. The molecule has 5 rings (SSSR count). The van der Waals surface area contributed by atoms with Gasteiger partial charge in [0, 0.05) is 41.9 Å². The summed E-state index contributed by atoms with van der Waals surface area (Å²) in [7, 11) is 0. The summed E-state index contributed by atoms with van der Waals surface area (Å²) in [5.41, 5.74) is 3.13. The van der Waals surface area contributed by atoms with Crippen molar-refractivity contribution in [1.29, 1.82) is 0 Å². The normalized spacial score (nSPS) is 13.9. The molecule has 178 valence electrons. The van der Waals surface area contributed by atoms with Gasteiger partial charge in [0.05, 0.1) is 35.1 Å². The average molecular weight is 512 g/mol. The number of rotatable bonds is 7. The zero-order chi connectivity index (χ0) is 24.4. The van der Waals surface area contributed by atoms with E-state index in [0.717, 1.165) is 29.4 Å². The van der Waals surface area contributed by atoms with Crippen molar-refractivity contribution in [3.8, 4) is 11.6 Å². The number of halogens is 3. The predicted molar refractivity (Wildman–Crippen MR) is 133 cm³/mol. The fraction of sp³-hybridized carbons (Fsp3) is 0.154. The van der Waals surface area contributed by atoms with Crippen molar-refractivity contribution < 1.29 is 18.3 Å². The number of anilines is 2. The molecule has 0 amide bonds. The minimum atomic E-state index is -0.844. The number of ether oxygens (including phenoxy) is 1. The Morgan fingerprint density at radius 2 is 1.94 bits per heavy atom. The van der Waals surface area contributed by atoms with E-state index >= 15 is 0 Å². The van der Waals surface area contributed by atoms with Gasteiger partial charge < -0.3 is 23.7 Å². The maximum absolute atomic E-state index is 14.3. The van der Waals surface area contributed by atoms with Gasteiger partial charge in [0.1, 0.15) is 23.9 Å². The molecule has 1 atom stereocenters. The molecule has 0 saturated carbocycles. The number of aromatic nitrogens is 1. The lowest BCUT2D eigenvalue weighted by molar-refractivity contribution is -0.109. The summed E-state index contributed by atoms with van der Waals surface area (Å²) in [6.07, 6.45) is 5.16. The van der Waals surface area contributed by atoms with Crippen molar-refractivity contribution in [2.75, 3.05) is 22.9 Å². The van der Waals surface area contributed by atoms with Crippen LogP contribution in [-0.2, 0) is 11.3 Å². The first-order valence-corrected chi connectivity index (χ1v) is 11.6. The van der Waals surface area contributed by atoms with Crippen LogP contribution in [0.5, 0.6) is 11.6 Å². The molecule has 0 fully saturated rings. The molecule has 2 aromatic heterocycles. The molecule has 6 nitrogen and oxygen atoms in total. The summed E-state index contributed by atoms with van der Waals surface area (Å²) in [5.74, 6) is -0.247. The first-order valence-electron chi connectivity index (χ1n) is 10.9. The quantitative estimate of drug-likeness (QED) is 0.258. The van der Waals surface area contributed by atoms with E-state index in [0.29, 0.717) is 29.7 Å². The molecule has 0 spiro atoms. The monoisotopic (exact) mass is 511 g/mol. The summed E-state index contributed by atoms with van der Waals surface area (Å²) in [4.78, 5) is 20.7. The van der Waals surface area contributed by atoms with E-state index in [9.17, 15) is 9.18 Å². The minimum absolute atomic E-state index is 0.0750. The van der Waals surface area contributed by atoms with Crippen LogP contribution in [0.2, 0.25) is 10.0 Å². The van der Waals surface area contributed by atoms with Gasteiger partial charge in [-0.25, -0.2) is 9.37 Å². The summed E-state index contributed by atoms with van der Waals surface area (Å²) in [5, 5.41) is 0.731. The number of nitrogens with zero attached hydrogens (tertiary/aromatic N) is 3. The number of para-hydroxylation sites is 2. The molecule has 1 aliphatic heterocycles. The smallest absolute Gasteiger partial charge is 0.225 e. The Morgan fingerprint density at radius 3 is 2.71 bits per heavy atom. The van der Waals surface area contributed by atoms with Crippen LogP contribution >= 0.6 is 23.2 Å². The molecule has 0 saturated heterocycles. The highest BCUT2D eigenvalue weighted by Crippen LogP contribution is 2.41. The standard InChI is InChI=1S/C26H20Cl2FN3O3/c27-18-5-6-21(28)25(11-18)35-26-20(12-19(29)13-30-26)24(15-33)32-9-8-31(14-17-7-10-34-16-17)22-3-1-2-4-23(22)32/h1-7,10-13,15-16,24H,8-9,14H2. The summed E-state index contributed by atoms with van der Waals surface area (Å²) >= 11 is 12.3. The van der Waals surface area contributed by atoms with Gasteiger partial charge in [-0.15, -0.1) is 0 Å². The van der Waals surface area contributed by atoms with E-state index in [1.54, 1.807) is 30.7 Å². The molecule has 9 heteroatoms. The van der Waals surface area contributed by atoms with Crippen LogP contribution < -0.4 is 14.5 Å². The van der Waals surface area contributed by atoms with Gasteiger partial charge >= 0.3 is 0 Å². The number of furan rings is 1. The Bertz CT molecular complexity index is 1350. The first-order chi connectivity index (χ1) is 17.0. The number of pyridine rings is 1. The number of hydrogen-bond donors (Lipinski definition) is 0. The topological polar surface area (TPSA) is 58.8 Å². The SMILES string of the molecule is O=CC(c1cc(F)cnc1Oc1cc(Cl)ccc1Cl)N1CCN(Cc2ccoc2)c2ccccc21. The highest BCUT2D eigenvalue weighted by molar-refractivity contribution is 6.34. The second-order valence-electron chi connectivity index (χ2n) is 8.04. The first kappa shape index (κ1) is 23.2. The van der Waals surface area contributed by atoms with Crippen molar-refractivity contribution in [3.05, 3.63) is 100 Å². The Kier molecular flexibility index (Phi) is 6.61. The van der Waals surface area contributed by atoms with Crippen LogP contribution in [0.1, 0.15) is 17.2 Å². The van der Waals surface area contributed by atoms with Crippen LogP contribution in [0.4, 0.5) is 15.8 Å². The molecule has 0 aliphatic carbocycles. The minimum Gasteiger partial charge on any atom is -0.472 e. The van der Waals surface area contributed by atoms with Crippen molar-refractivity contribution in [3.63, 3.8) is 0 Å². The van der Waals surface area contributed by atoms with Crippen LogP contribution in [0.15, 0.2) is 77.7 Å². The number of hydrogen-bond acceptors (Lipinski definition) is 6. The second kappa shape index (κ2) is 9.98. The molecular weight excluding hydrogens is 492 g/mol. The van der Waals surface area contributed by atoms with Gasteiger partial charge in [0.2, 0.25) is 5.88 Å². The molecular formula is C26H20Cl2FN3O3. The van der Waals surface area contributed by atoms with E-state index < -0.39 is 11.9 Å². The maximum atomic E-state index is 14.3. The van der Waals surface area contributed by atoms with Gasteiger partial charge in [0.15, 0.2) is 0 Å². The third-order valence-electron chi connectivity index (χ3n) is 5.82. The van der Waals surface area contributed by atoms with Crippen molar-refractivity contribution >= 4 is 40.9 Å². The number of carbonyl (C=O) groups excluding carboxylic acids is 1. The van der Waals surface area contributed by atoms with E-state index in [1.807, 2.05) is 35.2 Å². The average Bonchev–Trinajstić information content (AvgIpc) is 3.38. The molecule has 0 bridgehead atoms. The highest BCUT2D eigenvalue weighted by Gasteiger charge is 2.31. The predicted octanol–water partition coefficient (Wildman–Crippen LogP) is 6.68.